The van der Waals surface area contributed by atoms with Gasteiger partial charge in [0.15, 0.2) is 0 Å². The SMILES string of the molecule is CCNC(=O)N1CCN(C(=O)[C@H](C)OCc2cccc(OC)c2)CC1. The molecule has 7 heteroatoms. The van der Waals surface area contributed by atoms with E-state index in [4.69, 9.17) is 9.47 Å². The number of nitrogens with one attached hydrogen (secondary N) is 1. The summed E-state index contributed by atoms with van der Waals surface area (Å²) in [5.41, 5.74) is 0.958. The first-order valence-corrected chi connectivity index (χ1v) is 8.61. The molecular weight excluding hydrogens is 322 g/mol. The van der Waals surface area contributed by atoms with E-state index >= 15 is 0 Å². The number of urea groups is 1. The number of carbonyl (C=O) groups is 2. The molecule has 1 aliphatic rings. The predicted molar refractivity (Wildman–Crippen MR) is 94.5 cm³/mol. The van der Waals surface area contributed by atoms with Gasteiger partial charge in [-0.05, 0) is 31.5 Å². The number of piperazine rings is 1. The quantitative estimate of drug-likeness (QED) is 0.844. The van der Waals surface area contributed by atoms with E-state index in [1.165, 1.54) is 0 Å². The predicted octanol–water partition coefficient (Wildman–Crippen LogP) is 1.47. The number of nitrogens with zero attached hydrogens (tertiary/aromatic N) is 2. The lowest BCUT2D eigenvalue weighted by atomic mass is 10.2. The van der Waals surface area contributed by atoms with Gasteiger partial charge in [0, 0.05) is 32.7 Å². The van der Waals surface area contributed by atoms with Crippen LogP contribution in [0.5, 0.6) is 5.75 Å². The fourth-order valence-electron chi connectivity index (χ4n) is 2.70. The second kappa shape index (κ2) is 9.27. The van der Waals surface area contributed by atoms with Crippen molar-refractivity contribution in [3.8, 4) is 5.75 Å². The van der Waals surface area contributed by atoms with Gasteiger partial charge in [-0.15, -0.1) is 0 Å². The molecular formula is C18H27N3O4. The molecule has 1 fully saturated rings. The lowest BCUT2D eigenvalue weighted by Crippen LogP contribution is -2.54. The highest BCUT2D eigenvalue weighted by Crippen LogP contribution is 2.14. The van der Waals surface area contributed by atoms with Crippen molar-refractivity contribution in [2.45, 2.75) is 26.6 Å². The second-order valence-electron chi connectivity index (χ2n) is 5.95. The molecule has 2 rings (SSSR count). The standard InChI is InChI=1S/C18H27N3O4/c1-4-19-18(23)21-10-8-20(9-11-21)17(22)14(2)25-13-15-6-5-7-16(12-15)24-3/h5-7,12,14H,4,8-11,13H2,1-3H3,(H,19,23)/t14-/m0/s1. The van der Waals surface area contributed by atoms with Gasteiger partial charge in [0.2, 0.25) is 0 Å². The van der Waals surface area contributed by atoms with Crippen molar-refractivity contribution >= 4 is 11.9 Å². The topological polar surface area (TPSA) is 71.1 Å². The number of benzene rings is 1. The molecule has 0 unspecified atom stereocenters. The molecule has 0 radical (unpaired) electrons. The van der Waals surface area contributed by atoms with E-state index in [0.29, 0.717) is 39.3 Å². The van der Waals surface area contributed by atoms with E-state index in [1.807, 2.05) is 31.2 Å². The summed E-state index contributed by atoms with van der Waals surface area (Å²) in [6.45, 7) is 6.75. The Bertz CT molecular complexity index is 585. The van der Waals surface area contributed by atoms with Gasteiger partial charge in [-0.3, -0.25) is 4.79 Å². The van der Waals surface area contributed by atoms with Gasteiger partial charge in [-0.2, -0.15) is 0 Å². The van der Waals surface area contributed by atoms with Crippen LogP contribution in [0.1, 0.15) is 19.4 Å². The third kappa shape index (κ3) is 5.35. The van der Waals surface area contributed by atoms with Crippen LogP contribution < -0.4 is 10.1 Å². The Hall–Kier alpha value is -2.28. The van der Waals surface area contributed by atoms with E-state index in [0.717, 1.165) is 11.3 Å². The fraction of sp³-hybridized carbons (Fsp3) is 0.556. The largest absolute Gasteiger partial charge is 0.497 e. The fourth-order valence-corrected chi connectivity index (χ4v) is 2.70. The van der Waals surface area contributed by atoms with Gasteiger partial charge in [-0.1, -0.05) is 12.1 Å². The molecule has 0 spiro atoms. The normalized spacial score (nSPS) is 15.6. The zero-order valence-corrected chi connectivity index (χ0v) is 15.2. The second-order valence-corrected chi connectivity index (χ2v) is 5.95. The van der Waals surface area contributed by atoms with Crippen molar-refractivity contribution in [3.05, 3.63) is 29.8 Å². The number of ether oxygens (including phenoxy) is 2. The van der Waals surface area contributed by atoms with Crippen molar-refractivity contribution < 1.29 is 19.1 Å². The molecule has 1 aromatic carbocycles. The van der Waals surface area contributed by atoms with E-state index in [1.54, 1.807) is 23.8 Å². The van der Waals surface area contributed by atoms with Crippen LogP contribution in [0.4, 0.5) is 4.79 Å². The molecule has 1 aliphatic heterocycles. The third-order valence-corrected chi connectivity index (χ3v) is 4.19. The summed E-state index contributed by atoms with van der Waals surface area (Å²) < 4.78 is 10.9. The zero-order chi connectivity index (χ0) is 18.2. The molecule has 0 saturated carbocycles. The van der Waals surface area contributed by atoms with Crippen LogP contribution in [0.2, 0.25) is 0 Å². The molecule has 7 nitrogen and oxygen atoms in total. The highest BCUT2D eigenvalue weighted by atomic mass is 16.5. The molecule has 25 heavy (non-hydrogen) atoms. The van der Waals surface area contributed by atoms with Crippen LogP contribution in [0.15, 0.2) is 24.3 Å². The smallest absolute Gasteiger partial charge is 0.317 e. The van der Waals surface area contributed by atoms with Crippen molar-refractivity contribution in [2.24, 2.45) is 0 Å². The minimum Gasteiger partial charge on any atom is -0.497 e. The zero-order valence-electron chi connectivity index (χ0n) is 15.2. The summed E-state index contributed by atoms with van der Waals surface area (Å²) in [5, 5.41) is 2.78. The van der Waals surface area contributed by atoms with Crippen molar-refractivity contribution in [1.82, 2.24) is 15.1 Å². The first-order valence-electron chi connectivity index (χ1n) is 8.61. The number of carbonyl (C=O) groups excluding carboxylic acids is 2. The summed E-state index contributed by atoms with van der Waals surface area (Å²) in [7, 11) is 1.62. The molecule has 0 aromatic heterocycles. The van der Waals surface area contributed by atoms with Gasteiger partial charge < -0.3 is 24.6 Å². The summed E-state index contributed by atoms with van der Waals surface area (Å²) >= 11 is 0. The van der Waals surface area contributed by atoms with Crippen LogP contribution in [0, 0.1) is 0 Å². The maximum absolute atomic E-state index is 12.5. The Labute approximate surface area is 148 Å². The van der Waals surface area contributed by atoms with Gasteiger partial charge in [0.1, 0.15) is 11.9 Å². The number of methoxy groups -OCH3 is 1. The van der Waals surface area contributed by atoms with E-state index in [9.17, 15) is 9.59 Å². The lowest BCUT2D eigenvalue weighted by Gasteiger charge is -2.35. The van der Waals surface area contributed by atoms with Crippen LogP contribution in [-0.2, 0) is 16.1 Å². The average Bonchev–Trinajstić information content (AvgIpc) is 2.66. The molecule has 138 valence electrons. The summed E-state index contributed by atoms with van der Waals surface area (Å²) in [5.74, 6) is 0.722. The van der Waals surface area contributed by atoms with Gasteiger partial charge in [0.25, 0.3) is 5.91 Å². The van der Waals surface area contributed by atoms with Gasteiger partial charge >= 0.3 is 6.03 Å². The first-order chi connectivity index (χ1) is 12.0. The minimum absolute atomic E-state index is 0.0431. The van der Waals surface area contributed by atoms with Gasteiger partial charge in [-0.25, -0.2) is 4.79 Å². The number of hydrogen-bond acceptors (Lipinski definition) is 4. The number of rotatable bonds is 6. The molecule has 1 saturated heterocycles. The van der Waals surface area contributed by atoms with Gasteiger partial charge in [0.05, 0.1) is 13.7 Å². The molecule has 1 atom stereocenters. The van der Waals surface area contributed by atoms with Crippen LogP contribution in [-0.4, -0.2) is 67.7 Å². The molecule has 3 amide bonds. The van der Waals surface area contributed by atoms with E-state index in [2.05, 4.69) is 5.32 Å². The average molecular weight is 349 g/mol. The molecule has 0 bridgehead atoms. The summed E-state index contributed by atoms with van der Waals surface area (Å²) in [6, 6.07) is 7.51. The molecule has 0 aliphatic carbocycles. The Morgan fingerprint density at radius 3 is 2.52 bits per heavy atom. The van der Waals surface area contributed by atoms with Crippen molar-refractivity contribution in [2.75, 3.05) is 39.8 Å². The van der Waals surface area contributed by atoms with Crippen LogP contribution in [0.3, 0.4) is 0 Å². The molecule has 1 N–H and O–H groups in total. The lowest BCUT2D eigenvalue weighted by molar-refractivity contribution is -0.144. The highest BCUT2D eigenvalue weighted by Gasteiger charge is 2.27. The first kappa shape index (κ1) is 19.1. The molecule has 1 aromatic rings. The minimum atomic E-state index is -0.526. The van der Waals surface area contributed by atoms with Crippen molar-refractivity contribution in [3.63, 3.8) is 0 Å². The maximum Gasteiger partial charge on any atom is 0.317 e. The van der Waals surface area contributed by atoms with Crippen LogP contribution in [0.25, 0.3) is 0 Å². The Morgan fingerprint density at radius 2 is 1.88 bits per heavy atom. The number of hydrogen-bond donors (Lipinski definition) is 1. The maximum atomic E-state index is 12.5. The molecule has 1 heterocycles. The Kier molecular flexibility index (Phi) is 7.06. The third-order valence-electron chi connectivity index (χ3n) is 4.19. The number of amides is 3. The van der Waals surface area contributed by atoms with Crippen LogP contribution >= 0.6 is 0 Å². The summed E-state index contributed by atoms with van der Waals surface area (Å²) in [4.78, 5) is 27.8. The van der Waals surface area contributed by atoms with Crippen molar-refractivity contribution in [1.29, 1.82) is 0 Å². The Balaban J connectivity index is 1.79. The van der Waals surface area contributed by atoms with E-state index in [-0.39, 0.29) is 11.9 Å². The van der Waals surface area contributed by atoms with E-state index < -0.39 is 6.10 Å². The monoisotopic (exact) mass is 349 g/mol. The highest BCUT2D eigenvalue weighted by molar-refractivity contribution is 5.81. The summed E-state index contributed by atoms with van der Waals surface area (Å²) in [6.07, 6.45) is -0.526. The Morgan fingerprint density at radius 1 is 1.20 bits per heavy atom.